The Bertz CT molecular complexity index is 836. The summed E-state index contributed by atoms with van der Waals surface area (Å²) in [5, 5.41) is 5.42. The predicted molar refractivity (Wildman–Crippen MR) is 101 cm³/mol. The maximum Gasteiger partial charge on any atom is 0.337 e. The van der Waals surface area contributed by atoms with Crippen molar-refractivity contribution in [1.29, 1.82) is 0 Å². The number of amides is 2. The standard InChI is InChI=1S/C19H19ClN2O5/c1-26-14-6-3-12(4-7-14)11-21-17(23)10-18(24)22-16-9-13(19(25)27-2)5-8-15(16)20/h3-9H,10-11H2,1-2H3,(H,21,23)(H,22,24). The minimum absolute atomic E-state index is 0.229. The number of hydrogen-bond donors (Lipinski definition) is 2. The Morgan fingerprint density at radius 1 is 1.00 bits per heavy atom. The molecule has 0 fully saturated rings. The quantitative estimate of drug-likeness (QED) is 0.560. The zero-order chi connectivity index (χ0) is 19.8. The van der Waals surface area contributed by atoms with Gasteiger partial charge in [0.2, 0.25) is 11.8 Å². The Labute approximate surface area is 161 Å². The number of hydrogen-bond acceptors (Lipinski definition) is 5. The van der Waals surface area contributed by atoms with Crippen LogP contribution in [0, 0.1) is 0 Å². The number of anilines is 1. The summed E-state index contributed by atoms with van der Waals surface area (Å²) in [7, 11) is 2.82. The van der Waals surface area contributed by atoms with Crippen molar-refractivity contribution in [3.8, 4) is 5.75 Å². The van der Waals surface area contributed by atoms with E-state index in [1.165, 1.54) is 25.3 Å². The van der Waals surface area contributed by atoms with Crippen molar-refractivity contribution in [2.45, 2.75) is 13.0 Å². The Morgan fingerprint density at radius 3 is 2.33 bits per heavy atom. The Balaban J connectivity index is 1.89. The Hall–Kier alpha value is -3.06. The molecule has 0 spiro atoms. The highest BCUT2D eigenvalue weighted by Crippen LogP contribution is 2.23. The second-order valence-electron chi connectivity index (χ2n) is 5.54. The van der Waals surface area contributed by atoms with Crippen LogP contribution in [0.25, 0.3) is 0 Å². The molecule has 8 heteroatoms. The van der Waals surface area contributed by atoms with E-state index in [1.807, 2.05) is 12.1 Å². The van der Waals surface area contributed by atoms with E-state index >= 15 is 0 Å². The van der Waals surface area contributed by atoms with E-state index in [0.29, 0.717) is 0 Å². The van der Waals surface area contributed by atoms with Gasteiger partial charge in [0.1, 0.15) is 12.2 Å². The minimum atomic E-state index is -0.556. The highest BCUT2D eigenvalue weighted by molar-refractivity contribution is 6.34. The van der Waals surface area contributed by atoms with E-state index in [0.717, 1.165) is 11.3 Å². The lowest BCUT2D eigenvalue weighted by Gasteiger charge is -2.09. The number of halogens is 1. The highest BCUT2D eigenvalue weighted by atomic mass is 35.5. The molecule has 0 atom stereocenters. The fourth-order valence-electron chi connectivity index (χ4n) is 2.21. The number of esters is 1. The molecule has 27 heavy (non-hydrogen) atoms. The normalized spacial score (nSPS) is 10.0. The molecule has 2 rings (SSSR count). The lowest BCUT2D eigenvalue weighted by molar-refractivity contribution is -0.126. The van der Waals surface area contributed by atoms with Crippen molar-refractivity contribution in [3.05, 3.63) is 58.6 Å². The van der Waals surface area contributed by atoms with Crippen LogP contribution in [-0.2, 0) is 20.9 Å². The van der Waals surface area contributed by atoms with Crippen LogP contribution < -0.4 is 15.4 Å². The molecular formula is C19H19ClN2O5. The Morgan fingerprint density at radius 2 is 1.70 bits per heavy atom. The minimum Gasteiger partial charge on any atom is -0.497 e. The number of methoxy groups -OCH3 is 2. The molecule has 0 saturated heterocycles. The maximum absolute atomic E-state index is 12.1. The lowest BCUT2D eigenvalue weighted by Crippen LogP contribution is -2.27. The van der Waals surface area contributed by atoms with Gasteiger partial charge in [-0.15, -0.1) is 0 Å². The molecule has 0 radical (unpaired) electrons. The van der Waals surface area contributed by atoms with Crippen molar-refractivity contribution in [1.82, 2.24) is 5.32 Å². The van der Waals surface area contributed by atoms with Crippen molar-refractivity contribution < 1.29 is 23.9 Å². The third-order valence-corrected chi connectivity index (χ3v) is 3.96. The van der Waals surface area contributed by atoms with Crippen LogP contribution in [0.5, 0.6) is 5.75 Å². The van der Waals surface area contributed by atoms with E-state index in [9.17, 15) is 14.4 Å². The molecule has 0 bridgehead atoms. The topological polar surface area (TPSA) is 93.7 Å². The summed E-state index contributed by atoms with van der Waals surface area (Å²) in [5.74, 6) is -0.829. The summed E-state index contributed by atoms with van der Waals surface area (Å²) < 4.78 is 9.69. The molecule has 2 N–H and O–H groups in total. The van der Waals surface area contributed by atoms with Crippen LogP contribution in [0.4, 0.5) is 5.69 Å². The van der Waals surface area contributed by atoms with E-state index < -0.39 is 17.8 Å². The fraction of sp³-hybridized carbons (Fsp3) is 0.211. The van der Waals surface area contributed by atoms with E-state index in [1.54, 1.807) is 19.2 Å². The van der Waals surface area contributed by atoms with Gasteiger partial charge < -0.3 is 20.1 Å². The summed E-state index contributed by atoms with van der Waals surface area (Å²) in [5.41, 5.74) is 1.34. The van der Waals surface area contributed by atoms with Gasteiger partial charge in [-0.05, 0) is 35.9 Å². The van der Waals surface area contributed by atoms with Gasteiger partial charge in [-0.25, -0.2) is 4.79 Å². The average molecular weight is 391 g/mol. The number of rotatable bonds is 7. The molecule has 0 heterocycles. The molecule has 142 valence electrons. The second kappa shape index (κ2) is 9.59. The zero-order valence-electron chi connectivity index (χ0n) is 14.9. The molecule has 2 amide bonds. The zero-order valence-corrected chi connectivity index (χ0v) is 15.6. The molecule has 0 aliphatic rings. The largest absolute Gasteiger partial charge is 0.497 e. The summed E-state index contributed by atoms with van der Waals surface area (Å²) >= 11 is 6.01. The smallest absolute Gasteiger partial charge is 0.337 e. The molecule has 0 aliphatic heterocycles. The van der Waals surface area contributed by atoms with Crippen molar-refractivity contribution in [2.24, 2.45) is 0 Å². The molecule has 7 nitrogen and oxygen atoms in total. The fourth-order valence-corrected chi connectivity index (χ4v) is 2.38. The molecular weight excluding hydrogens is 372 g/mol. The van der Waals surface area contributed by atoms with Crippen LogP contribution >= 0.6 is 11.6 Å². The summed E-state index contributed by atoms with van der Waals surface area (Å²) in [6, 6.07) is 11.5. The van der Waals surface area contributed by atoms with E-state index in [4.69, 9.17) is 16.3 Å². The van der Waals surface area contributed by atoms with Crippen LogP contribution in [-0.4, -0.2) is 32.0 Å². The van der Waals surface area contributed by atoms with Crippen LogP contribution in [0.3, 0.4) is 0 Å². The van der Waals surface area contributed by atoms with Crippen molar-refractivity contribution in [2.75, 3.05) is 19.5 Å². The van der Waals surface area contributed by atoms with Gasteiger partial charge in [-0.3, -0.25) is 9.59 Å². The van der Waals surface area contributed by atoms with Gasteiger partial charge in [-0.2, -0.15) is 0 Å². The van der Waals surface area contributed by atoms with Crippen LogP contribution in [0.1, 0.15) is 22.3 Å². The molecule has 0 saturated carbocycles. The van der Waals surface area contributed by atoms with Gasteiger partial charge in [0, 0.05) is 6.54 Å². The van der Waals surface area contributed by atoms with Gasteiger partial charge in [-0.1, -0.05) is 23.7 Å². The maximum atomic E-state index is 12.1. The number of nitrogens with one attached hydrogen (secondary N) is 2. The summed E-state index contributed by atoms with van der Waals surface area (Å²) in [4.78, 5) is 35.6. The SMILES string of the molecule is COC(=O)c1ccc(Cl)c(NC(=O)CC(=O)NCc2ccc(OC)cc2)c1. The monoisotopic (exact) mass is 390 g/mol. The first-order valence-corrected chi connectivity index (χ1v) is 8.38. The van der Waals surface area contributed by atoms with E-state index in [-0.39, 0.29) is 29.2 Å². The van der Waals surface area contributed by atoms with Crippen LogP contribution in [0.2, 0.25) is 5.02 Å². The number of carbonyl (C=O) groups is 3. The molecule has 0 aliphatic carbocycles. The summed E-state index contributed by atoms with van der Waals surface area (Å²) in [6.07, 6.45) is -0.380. The van der Waals surface area contributed by atoms with Crippen LogP contribution in [0.15, 0.2) is 42.5 Å². The van der Waals surface area contributed by atoms with Gasteiger partial charge >= 0.3 is 5.97 Å². The van der Waals surface area contributed by atoms with Crippen molar-refractivity contribution in [3.63, 3.8) is 0 Å². The lowest BCUT2D eigenvalue weighted by atomic mass is 10.2. The molecule has 2 aromatic carbocycles. The summed E-state index contributed by atoms with van der Waals surface area (Å²) in [6.45, 7) is 0.286. The Kier molecular flexibility index (Phi) is 7.19. The molecule has 2 aromatic rings. The first-order valence-electron chi connectivity index (χ1n) is 8.00. The van der Waals surface area contributed by atoms with Crippen molar-refractivity contribution >= 4 is 35.1 Å². The third kappa shape index (κ3) is 6.00. The van der Waals surface area contributed by atoms with Gasteiger partial charge in [0.05, 0.1) is 30.5 Å². The average Bonchev–Trinajstić information content (AvgIpc) is 2.67. The van der Waals surface area contributed by atoms with Gasteiger partial charge in [0.25, 0.3) is 0 Å². The molecule has 0 aromatic heterocycles. The third-order valence-electron chi connectivity index (χ3n) is 3.63. The number of carbonyl (C=O) groups excluding carboxylic acids is 3. The van der Waals surface area contributed by atoms with E-state index in [2.05, 4.69) is 15.4 Å². The second-order valence-corrected chi connectivity index (χ2v) is 5.94. The molecule has 0 unspecified atom stereocenters. The first kappa shape index (κ1) is 20.3. The number of benzene rings is 2. The van der Waals surface area contributed by atoms with Gasteiger partial charge in [0.15, 0.2) is 0 Å². The first-order chi connectivity index (χ1) is 12.9. The predicted octanol–water partition coefficient (Wildman–Crippen LogP) is 2.78. The highest BCUT2D eigenvalue weighted by Gasteiger charge is 2.14. The number of ether oxygens (including phenoxy) is 2.